The topological polar surface area (TPSA) is 183 Å². The molecule has 8 aromatic rings. The zero-order valence-electron chi connectivity index (χ0n) is 74.5. The molecule has 3 aromatic heterocycles. The van der Waals surface area contributed by atoms with E-state index in [1.165, 1.54) is 109 Å². The van der Waals surface area contributed by atoms with E-state index in [0.717, 1.165) is 202 Å². The van der Waals surface area contributed by atoms with Crippen molar-refractivity contribution in [2.24, 2.45) is 65.1 Å². The van der Waals surface area contributed by atoms with Gasteiger partial charge in [0, 0.05) is 29.1 Å². The highest BCUT2D eigenvalue weighted by Crippen LogP contribution is 2.38. The van der Waals surface area contributed by atoms with E-state index in [4.69, 9.17) is 23.7 Å². The fourth-order valence-electron chi connectivity index (χ4n) is 17.3. The highest BCUT2D eigenvalue weighted by atomic mass is 16.6. The summed E-state index contributed by atoms with van der Waals surface area (Å²) in [7, 11) is 0. The number of hydrogen-bond acceptors (Lipinski definition) is 14. The van der Waals surface area contributed by atoms with Crippen LogP contribution >= 0.6 is 0 Å². The standard InChI is InChI=1S/C24H36O2.C23H32O2.C21H25NO2.C20H21NO2.C19H20N2O2/c1-17-4-8-20(9-5-17)10-11-21-12-15-23(19(3)16-21)26-24(25)22-13-6-18(2)7-14-22;1-17-3-7-19(8-4-17)9-10-20-11-15-22(16-12-20)25-23(24)21-13-5-18(2)6-14-21;1-14-4-7-17(8-5-14)21(23)24-19-10-11-20(22-13-19)18-9-6-15(2)16(3)12-18;1-14-3-7-16(8-4-14)19-12-11-18(13-21-19)23-20(22)17-9-5-15(2)6-10-17;1-13-3-5-16(6-4-13)19(22)23-17-9-7-15(8-10-17)18-20-11-14(2)12-21-18/h12,15-18,20,22H,4-11,13-14H2,1-3H3;5,11-12,15-17,19,21H,3-4,6-10,13-14H2,1-2H3;6,9-14,17H,4-5,7-8H2,1-3H3;3-5,7-8,11-13,17H,6,9-10H2,1-2H3;3,7-12,16H,4-6H2,1-2H3. The van der Waals surface area contributed by atoms with Gasteiger partial charge in [-0.1, -0.05) is 180 Å². The van der Waals surface area contributed by atoms with E-state index in [1.807, 2.05) is 73.7 Å². The minimum atomic E-state index is -0.154. The first kappa shape index (κ1) is 91.8. The molecule has 4 fully saturated rings. The SMILES string of the molecule is CC1=CCC(C(=O)Oc2ccc(-c3ccc(C)cc3)nc2)CC1.CC1=CCC(C(=O)Oc2ccc(-c3ncc(C)cn3)cc2)CC1.CC1=CCC(C(=O)Oc2ccc(CCC3CCC(C)CC3)cc2)CC1.Cc1cc(CCC2CCC(C)CC2)ccc1OC(=O)C1CCC(C)CC1.Cc1ccc(-c2ccc(OC(=O)C3CCC(C)CC3)cn2)cc1C. The fourth-order valence-corrected chi connectivity index (χ4v) is 17.3. The van der Waals surface area contributed by atoms with Gasteiger partial charge in [0.05, 0.1) is 53.4 Å². The number of aryl methyl sites for hydroxylation is 7. The molecule has 0 N–H and O–H groups in total. The third kappa shape index (κ3) is 29.7. The van der Waals surface area contributed by atoms with Crippen molar-refractivity contribution < 1.29 is 47.7 Å². The van der Waals surface area contributed by atoms with E-state index in [1.54, 1.807) is 36.9 Å². The van der Waals surface area contributed by atoms with Gasteiger partial charge in [0.15, 0.2) is 5.82 Å². The Bertz CT molecular complexity index is 4600. The summed E-state index contributed by atoms with van der Waals surface area (Å²) in [4.78, 5) is 78.8. The summed E-state index contributed by atoms with van der Waals surface area (Å²) in [6, 6.07) is 43.8. The Morgan fingerprint density at radius 3 is 1.09 bits per heavy atom. The van der Waals surface area contributed by atoms with Gasteiger partial charge in [0.1, 0.15) is 28.7 Å². The van der Waals surface area contributed by atoms with Gasteiger partial charge >= 0.3 is 29.8 Å². The number of carbonyl (C=O) groups is 5. The molecule has 15 rings (SSSR count). The lowest BCUT2D eigenvalue weighted by atomic mass is 9.80. The molecule has 3 heterocycles. The average molecular weight is 1640 g/mol. The third-order valence-corrected chi connectivity index (χ3v) is 26.3. The number of pyridine rings is 2. The van der Waals surface area contributed by atoms with Crippen LogP contribution in [-0.4, -0.2) is 49.8 Å². The highest BCUT2D eigenvalue weighted by molar-refractivity contribution is 5.78. The molecule has 0 bridgehead atoms. The molecule has 121 heavy (non-hydrogen) atoms. The largest absolute Gasteiger partial charge is 0.426 e. The van der Waals surface area contributed by atoms with Crippen molar-refractivity contribution in [2.45, 2.75) is 269 Å². The molecular formula is C107H134N4O10. The lowest BCUT2D eigenvalue weighted by Gasteiger charge is -2.26. The van der Waals surface area contributed by atoms with E-state index >= 15 is 0 Å². The molecule has 0 saturated heterocycles. The van der Waals surface area contributed by atoms with Crippen LogP contribution in [0.5, 0.6) is 28.7 Å². The number of aromatic nitrogens is 4. The lowest BCUT2D eigenvalue weighted by Crippen LogP contribution is -2.25. The maximum Gasteiger partial charge on any atom is 0.314 e. The number of ether oxygens (including phenoxy) is 5. The Kier molecular flexibility index (Phi) is 35.2. The highest BCUT2D eigenvalue weighted by Gasteiger charge is 2.30. The van der Waals surface area contributed by atoms with Crippen molar-refractivity contribution in [1.29, 1.82) is 0 Å². The normalized spacial score (nSPS) is 22.6. The van der Waals surface area contributed by atoms with Crippen LogP contribution in [0.4, 0.5) is 0 Å². The molecule has 0 spiro atoms. The molecule has 3 atom stereocenters. The van der Waals surface area contributed by atoms with Crippen LogP contribution in [0, 0.1) is 99.7 Å². The minimum Gasteiger partial charge on any atom is -0.426 e. The molecule has 0 aliphatic heterocycles. The van der Waals surface area contributed by atoms with E-state index in [-0.39, 0.29) is 59.4 Å². The van der Waals surface area contributed by atoms with Crippen LogP contribution in [-0.2, 0) is 36.8 Å². The number of rotatable bonds is 19. The summed E-state index contributed by atoms with van der Waals surface area (Å²) in [6.07, 6.45) is 45.7. The number of benzene rings is 5. The maximum atomic E-state index is 12.4. The first-order chi connectivity index (χ1) is 58.4. The van der Waals surface area contributed by atoms with Gasteiger partial charge in [-0.3, -0.25) is 33.9 Å². The van der Waals surface area contributed by atoms with E-state index in [0.29, 0.717) is 28.8 Å². The van der Waals surface area contributed by atoms with Crippen LogP contribution in [0.15, 0.2) is 193 Å². The Labute approximate surface area is 722 Å². The summed E-state index contributed by atoms with van der Waals surface area (Å²) in [5.74, 6) is 8.45. The molecule has 7 aliphatic rings. The Morgan fingerprint density at radius 1 is 0.306 bits per heavy atom. The summed E-state index contributed by atoms with van der Waals surface area (Å²) < 4.78 is 27.8. The summed E-state index contributed by atoms with van der Waals surface area (Å²) in [5.41, 5.74) is 17.5. The van der Waals surface area contributed by atoms with Gasteiger partial charge in [-0.2, -0.15) is 0 Å². The van der Waals surface area contributed by atoms with Crippen LogP contribution in [0.3, 0.4) is 0 Å². The molecule has 0 amide bonds. The summed E-state index contributed by atoms with van der Waals surface area (Å²) in [6.45, 7) is 25.9. The summed E-state index contributed by atoms with van der Waals surface area (Å²) >= 11 is 0. The first-order valence-corrected chi connectivity index (χ1v) is 45.6. The van der Waals surface area contributed by atoms with E-state index in [2.05, 4.69) is 169 Å². The molecule has 0 radical (unpaired) electrons. The van der Waals surface area contributed by atoms with Gasteiger partial charge in [0.25, 0.3) is 0 Å². The molecule has 5 aromatic carbocycles. The van der Waals surface area contributed by atoms with Gasteiger partial charge in [0.2, 0.25) is 0 Å². The second kappa shape index (κ2) is 46.3. The van der Waals surface area contributed by atoms with Gasteiger partial charge < -0.3 is 23.7 Å². The number of esters is 5. The molecule has 14 heteroatoms. The van der Waals surface area contributed by atoms with Crippen molar-refractivity contribution >= 4 is 29.8 Å². The predicted molar refractivity (Wildman–Crippen MR) is 486 cm³/mol. The molecule has 3 unspecified atom stereocenters. The average Bonchev–Trinajstić information content (AvgIpc) is 0.791. The fraction of sp³-hybridized carbons (Fsp3) is 0.486. The van der Waals surface area contributed by atoms with Gasteiger partial charge in [-0.05, 0) is 332 Å². The first-order valence-electron chi connectivity index (χ1n) is 45.6. The van der Waals surface area contributed by atoms with Crippen LogP contribution in [0.25, 0.3) is 33.9 Å². The second-order valence-corrected chi connectivity index (χ2v) is 36.7. The zero-order chi connectivity index (χ0) is 85.7. The smallest absolute Gasteiger partial charge is 0.314 e. The molecule has 14 nitrogen and oxygen atoms in total. The van der Waals surface area contributed by atoms with E-state index < -0.39 is 0 Å². The number of hydrogen-bond donors (Lipinski definition) is 0. The van der Waals surface area contributed by atoms with Crippen molar-refractivity contribution in [3.8, 4) is 62.7 Å². The Morgan fingerprint density at radius 2 is 0.678 bits per heavy atom. The van der Waals surface area contributed by atoms with Crippen molar-refractivity contribution in [3.05, 3.63) is 232 Å². The molecular weight excluding hydrogens is 1500 g/mol. The number of carbonyl (C=O) groups excluding carboxylic acids is 5. The summed E-state index contributed by atoms with van der Waals surface area (Å²) in [5, 5.41) is 0. The van der Waals surface area contributed by atoms with Gasteiger partial charge in [-0.15, -0.1) is 0 Å². The maximum absolute atomic E-state index is 12.4. The Balaban J connectivity index is 0.000000148. The van der Waals surface area contributed by atoms with Crippen LogP contribution in [0.2, 0.25) is 0 Å². The monoisotopic (exact) mass is 1640 g/mol. The minimum absolute atomic E-state index is 0.0240. The van der Waals surface area contributed by atoms with Crippen molar-refractivity contribution in [3.63, 3.8) is 0 Å². The van der Waals surface area contributed by atoms with Crippen LogP contribution in [0.1, 0.15) is 261 Å². The van der Waals surface area contributed by atoms with E-state index in [9.17, 15) is 24.0 Å². The quantitative estimate of drug-likeness (QED) is 0.0423. The molecule has 4 saturated carbocycles. The van der Waals surface area contributed by atoms with Crippen molar-refractivity contribution in [1.82, 2.24) is 19.9 Å². The predicted octanol–water partition coefficient (Wildman–Crippen LogP) is 26.5. The molecule has 7 aliphatic carbocycles. The second-order valence-electron chi connectivity index (χ2n) is 36.7. The lowest BCUT2D eigenvalue weighted by molar-refractivity contribution is -0.141. The van der Waals surface area contributed by atoms with Crippen molar-refractivity contribution in [2.75, 3.05) is 0 Å². The zero-order valence-corrected chi connectivity index (χ0v) is 74.5. The number of allylic oxidation sites excluding steroid dienone is 6. The van der Waals surface area contributed by atoms with Crippen LogP contribution < -0.4 is 23.7 Å². The number of nitrogens with zero attached hydrogens (tertiary/aromatic N) is 4. The van der Waals surface area contributed by atoms with Gasteiger partial charge in [-0.25, -0.2) is 9.97 Å². The third-order valence-electron chi connectivity index (χ3n) is 26.3. The Hall–Kier alpha value is -9.95. The molecule has 642 valence electrons.